The monoisotopic (exact) mass is 472 g/mol. The molecule has 2 aromatic rings. The molecule has 5 nitrogen and oxygen atoms in total. The van der Waals surface area contributed by atoms with Crippen LogP contribution in [0.3, 0.4) is 0 Å². The van der Waals surface area contributed by atoms with Gasteiger partial charge in [-0.3, -0.25) is 0 Å². The van der Waals surface area contributed by atoms with E-state index in [4.69, 9.17) is 14.6 Å². The van der Waals surface area contributed by atoms with Crippen LogP contribution in [0.25, 0.3) is 0 Å². The molecule has 2 atom stereocenters. The highest BCUT2D eigenvalue weighted by atomic mass is 16.5. The first-order chi connectivity index (χ1) is 16.0. The minimum Gasteiger partial charge on any atom is -0.491 e. The molecule has 0 aliphatic carbocycles. The maximum atomic E-state index is 10.3. The minimum absolute atomic E-state index is 0.0572. The predicted octanol–water partition coefficient (Wildman–Crippen LogP) is 5.32. The highest BCUT2D eigenvalue weighted by Gasteiger charge is 2.32. The molecule has 0 fully saturated rings. The third kappa shape index (κ3) is 6.74. The average molecular weight is 473 g/mol. The Bertz CT molecular complexity index is 911. The van der Waals surface area contributed by atoms with Gasteiger partial charge in [-0.1, -0.05) is 58.9 Å². The van der Waals surface area contributed by atoms with Gasteiger partial charge in [0.1, 0.15) is 24.7 Å². The highest BCUT2D eigenvalue weighted by molar-refractivity contribution is 5.48. The molecule has 0 aliphatic rings. The molecule has 2 rings (SSSR count). The molecule has 190 valence electrons. The van der Waals surface area contributed by atoms with E-state index in [9.17, 15) is 10.2 Å². The Kier molecular flexibility index (Phi) is 9.98. The Morgan fingerprint density at radius 2 is 1.26 bits per heavy atom. The molecule has 0 saturated carbocycles. The fourth-order valence-corrected chi connectivity index (χ4v) is 4.29. The Labute approximate surface area is 205 Å². The Morgan fingerprint density at radius 1 is 0.794 bits per heavy atom. The second kappa shape index (κ2) is 12.1. The molecule has 3 N–H and O–H groups in total. The van der Waals surface area contributed by atoms with Crippen LogP contribution >= 0.6 is 0 Å². The first kappa shape index (κ1) is 28.2. The van der Waals surface area contributed by atoms with E-state index in [1.807, 2.05) is 39.8 Å². The summed E-state index contributed by atoms with van der Waals surface area (Å²) in [6, 6.07) is 12.6. The van der Waals surface area contributed by atoms with Crippen molar-refractivity contribution in [3.8, 4) is 11.5 Å². The summed E-state index contributed by atoms with van der Waals surface area (Å²) in [5, 5.41) is 29.2. The maximum absolute atomic E-state index is 10.3. The largest absolute Gasteiger partial charge is 0.491 e. The van der Waals surface area contributed by atoms with Crippen molar-refractivity contribution in [3.63, 3.8) is 0 Å². The summed E-state index contributed by atoms with van der Waals surface area (Å²) in [6.45, 7) is 14.9. The van der Waals surface area contributed by atoms with Crippen LogP contribution in [0.15, 0.2) is 36.4 Å². The number of hydrogen-bond acceptors (Lipinski definition) is 5. The third-order valence-corrected chi connectivity index (χ3v) is 6.95. The zero-order valence-electron chi connectivity index (χ0n) is 22.0. The molecule has 5 heteroatoms. The quantitative estimate of drug-likeness (QED) is 0.390. The number of aliphatic hydroxyl groups is 3. The summed E-state index contributed by atoms with van der Waals surface area (Å²) in [5.74, 6) is 1.55. The summed E-state index contributed by atoms with van der Waals surface area (Å²) in [4.78, 5) is 0. The van der Waals surface area contributed by atoms with Crippen LogP contribution in [-0.4, -0.2) is 47.3 Å². The van der Waals surface area contributed by atoms with Crippen LogP contribution in [0.4, 0.5) is 0 Å². The number of rotatable bonds is 12. The molecule has 34 heavy (non-hydrogen) atoms. The molecule has 0 aliphatic heterocycles. The van der Waals surface area contributed by atoms with E-state index >= 15 is 0 Å². The SMILES string of the molecule is CCC(CC)(c1ccc(OC[C@H](O)CCO)c(C)c1)c1ccc(OC[C@H](O)C(C)(C)C)c(C)c1. The average Bonchev–Trinajstić information content (AvgIpc) is 2.78. The van der Waals surface area contributed by atoms with Crippen molar-refractivity contribution in [3.05, 3.63) is 58.7 Å². The van der Waals surface area contributed by atoms with Gasteiger partial charge in [0.15, 0.2) is 0 Å². The first-order valence-electron chi connectivity index (χ1n) is 12.4. The van der Waals surface area contributed by atoms with Crippen molar-refractivity contribution in [1.29, 1.82) is 0 Å². The molecule has 2 aromatic carbocycles. The van der Waals surface area contributed by atoms with Crippen molar-refractivity contribution >= 4 is 0 Å². The zero-order chi connectivity index (χ0) is 25.5. The van der Waals surface area contributed by atoms with Crippen molar-refractivity contribution in [1.82, 2.24) is 0 Å². The summed E-state index contributed by atoms with van der Waals surface area (Å²) in [5.41, 5.74) is 4.18. The standard InChI is InChI=1S/C29H44O5/c1-8-29(9-2,22-10-12-25(20(3)16-22)33-18-24(31)14-15-30)23-11-13-26(21(4)17-23)34-19-27(32)28(5,6)7/h10-13,16-17,24,27,30-32H,8-9,14-15,18-19H2,1-7H3/t24-,27+/m1/s1. The molecular weight excluding hydrogens is 428 g/mol. The van der Waals surface area contributed by atoms with E-state index in [0.29, 0.717) is 6.42 Å². The summed E-state index contributed by atoms with van der Waals surface area (Å²) in [6.07, 6.45) is 0.981. The normalized spacial score (nSPS) is 14.1. The van der Waals surface area contributed by atoms with Gasteiger partial charge in [0, 0.05) is 12.0 Å². The van der Waals surface area contributed by atoms with Crippen molar-refractivity contribution in [2.75, 3.05) is 19.8 Å². The lowest BCUT2D eigenvalue weighted by Gasteiger charge is -2.34. The highest BCUT2D eigenvalue weighted by Crippen LogP contribution is 2.41. The van der Waals surface area contributed by atoms with E-state index in [1.54, 1.807) is 0 Å². The van der Waals surface area contributed by atoms with Gasteiger partial charge < -0.3 is 24.8 Å². The van der Waals surface area contributed by atoms with E-state index in [1.165, 1.54) is 11.1 Å². The predicted molar refractivity (Wildman–Crippen MR) is 138 cm³/mol. The van der Waals surface area contributed by atoms with E-state index in [0.717, 1.165) is 35.5 Å². The van der Waals surface area contributed by atoms with Crippen LogP contribution in [-0.2, 0) is 5.41 Å². The lowest BCUT2D eigenvalue weighted by molar-refractivity contribution is 0.0216. The Hall–Kier alpha value is -2.08. The van der Waals surface area contributed by atoms with Crippen LogP contribution in [0.1, 0.15) is 76.1 Å². The second-order valence-electron chi connectivity index (χ2n) is 10.4. The van der Waals surface area contributed by atoms with Gasteiger partial charge in [-0.15, -0.1) is 0 Å². The van der Waals surface area contributed by atoms with Crippen LogP contribution in [0, 0.1) is 19.3 Å². The summed E-state index contributed by atoms with van der Waals surface area (Å²) < 4.78 is 11.8. The van der Waals surface area contributed by atoms with Crippen LogP contribution < -0.4 is 9.47 Å². The van der Waals surface area contributed by atoms with Gasteiger partial charge >= 0.3 is 0 Å². The third-order valence-electron chi connectivity index (χ3n) is 6.95. The van der Waals surface area contributed by atoms with Crippen molar-refractivity contribution in [2.45, 2.75) is 85.4 Å². The lowest BCUT2D eigenvalue weighted by Crippen LogP contribution is -2.32. The number of aryl methyl sites for hydroxylation is 2. The van der Waals surface area contributed by atoms with E-state index in [-0.39, 0.29) is 30.7 Å². The molecule has 0 radical (unpaired) electrons. The zero-order valence-corrected chi connectivity index (χ0v) is 22.0. The molecule has 0 saturated heterocycles. The number of benzene rings is 2. The first-order valence-corrected chi connectivity index (χ1v) is 12.4. The van der Waals surface area contributed by atoms with Gasteiger partial charge in [-0.2, -0.15) is 0 Å². The van der Waals surface area contributed by atoms with E-state index < -0.39 is 12.2 Å². The molecule has 0 bridgehead atoms. The fraction of sp³-hybridized carbons (Fsp3) is 0.586. The molecule has 0 spiro atoms. The van der Waals surface area contributed by atoms with Gasteiger partial charge in [-0.25, -0.2) is 0 Å². The van der Waals surface area contributed by atoms with Crippen molar-refractivity contribution in [2.24, 2.45) is 5.41 Å². The van der Waals surface area contributed by atoms with Gasteiger partial charge in [0.05, 0.1) is 12.2 Å². The number of hydrogen-bond donors (Lipinski definition) is 3. The smallest absolute Gasteiger partial charge is 0.122 e. The fourth-order valence-electron chi connectivity index (χ4n) is 4.29. The second-order valence-corrected chi connectivity index (χ2v) is 10.4. The molecule has 0 unspecified atom stereocenters. The van der Waals surface area contributed by atoms with Crippen molar-refractivity contribution < 1.29 is 24.8 Å². The lowest BCUT2D eigenvalue weighted by atomic mass is 9.70. The van der Waals surface area contributed by atoms with Gasteiger partial charge in [0.25, 0.3) is 0 Å². The van der Waals surface area contributed by atoms with Crippen LogP contribution in [0.2, 0.25) is 0 Å². The number of ether oxygens (including phenoxy) is 2. The van der Waals surface area contributed by atoms with E-state index in [2.05, 4.69) is 45.0 Å². The van der Waals surface area contributed by atoms with Gasteiger partial charge in [-0.05, 0) is 72.9 Å². The molecule has 0 heterocycles. The maximum Gasteiger partial charge on any atom is 0.122 e. The Morgan fingerprint density at radius 3 is 1.65 bits per heavy atom. The summed E-state index contributed by atoms with van der Waals surface area (Å²) in [7, 11) is 0. The molecular formula is C29H44O5. The minimum atomic E-state index is -0.678. The molecule has 0 aromatic heterocycles. The van der Waals surface area contributed by atoms with Gasteiger partial charge in [0.2, 0.25) is 0 Å². The Balaban J connectivity index is 2.28. The number of aliphatic hydroxyl groups excluding tert-OH is 3. The van der Waals surface area contributed by atoms with Crippen LogP contribution in [0.5, 0.6) is 11.5 Å². The topological polar surface area (TPSA) is 79.2 Å². The molecule has 0 amide bonds. The summed E-state index contributed by atoms with van der Waals surface area (Å²) >= 11 is 0.